The van der Waals surface area contributed by atoms with Gasteiger partial charge in [0.15, 0.2) is 0 Å². The topological polar surface area (TPSA) is 90.4 Å². The summed E-state index contributed by atoms with van der Waals surface area (Å²) in [4.78, 5) is 10.3. The summed E-state index contributed by atoms with van der Waals surface area (Å²) < 4.78 is 5.00. The number of hydrogen-bond acceptors (Lipinski definition) is 5. The number of nitro groups is 1. The Bertz CT molecular complexity index is 380. The molecule has 88 valence electrons. The predicted molar refractivity (Wildman–Crippen MR) is 61.8 cm³/mol. The van der Waals surface area contributed by atoms with Gasteiger partial charge in [-0.05, 0) is 13.0 Å². The molecule has 1 rings (SSSR count). The molecule has 0 amide bonds. The molecule has 0 aliphatic rings. The van der Waals surface area contributed by atoms with Gasteiger partial charge >= 0.3 is 0 Å². The fraction of sp³-hybridized carbons (Fsp3) is 0.400. The van der Waals surface area contributed by atoms with Crippen LogP contribution in [0.3, 0.4) is 0 Å². The number of nitrogens with zero attached hydrogens (tertiary/aromatic N) is 1. The number of nitrogens with one attached hydrogen (secondary N) is 1. The van der Waals surface area contributed by atoms with Gasteiger partial charge in [-0.25, -0.2) is 0 Å². The van der Waals surface area contributed by atoms with Gasteiger partial charge < -0.3 is 15.8 Å². The van der Waals surface area contributed by atoms with E-state index in [4.69, 9.17) is 10.5 Å². The minimum Gasteiger partial charge on any atom is -0.497 e. The van der Waals surface area contributed by atoms with Crippen molar-refractivity contribution in [3.63, 3.8) is 0 Å². The first-order chi connectivity index (χ1) is 7.54. The van der Waals surface area contributed by atoms with Gasteiger partial charge in [-0.15, -0.1) is 0 Å². The third-order valence-electron chi connectivity index (χ3n) is 2.01. The zero-order chi connectivity index (χ0) is 12.1. The highest BCUT2D eigenvalue weighted by Crippen LogP contribution is 2.28. The van der Waals surface area contributed by atoms with E-state index in [1.807, 2.05) is 6.92 Å². The molecule has 1 atom stereocenters. The highest BCUT2D eigenvalue weighted by Gasteiger charge is 2.14. The minimum absolute atomic E-state index is 0.0152. The molecule has 0 aromatic heterocycles. The van der Waals surface area contributed by atoms with Gasteiger partial charge in [0.1, 0.15) is 11.4 Å². The second kappa shape index (κ2) is 5.32. The zero-order valence-electron chi connectivity index (χ0n) is 9.27. The van der Waals surface area contributed by atoms with Crippen molar-refractivity contribution in [3.05, 3.63) is 28.3 Å². The van der Waals surface area contributed by atoms with E-state index in [1.54, 1.807) is 12.1 Å². The molecular weight excluding hydrogens is 210 g/mol. The third-order valence-corrected chi connectivity index (χ3v) is 2.01. The van der Waals surface area contributed by atoms with E-state index in [2.05, 4.69) is 5.32 Å². The monoisotopic (exact) mass is 225 g/mol. The summed E-state index contributed by atoms with van der Waals surface area (Å²) in [6.45, 7) is 2.28. The van der Waals surface area contributed by atoms with E-state index in [-0.39, 0.29) is 11.7 Å². The Balaban J connectivity index is 2.96. The fourth-order valence-electron chi connectivity index (χ4n) is 1.21. The van der Waals surface area contributed by atoms with Gasteiger partial charge in [0, 0.05) is 24.7 Å². The maximum Gasteiger partial charge on any atom is 0.292 e. The van der Waals surface area contributed by atoms with Crippen molar-refractivity contribution in [2.75, 3.05) is 19.0 Å². The first-order valence-electron chi connectivity index (χ1n) is 4.86. The summed E-state index contributed by atoms with van der Waals surface area (Å²) in [6.07, 6.45) is 0. The Labute approximate surface area is 93.5 Å². The van der Waals surface area contributed by atoms with Crippen LogP contribution in [0.15, 0.2) is 18.2 Å². The lowest BCUT2D eigenvalue weighted by Gasteiger charge is -2.10. The van der Waals surface area contributed by atoms with Crippen molar-refractivity contribution in [3.8, 4) is 5.75 Å². The molecule has 0 saturated heterocycles. The van der Waals surface area contributed by atoms with Gasteiger partial charge in [-0.2, -0.15) is 0 Å². The zero-order valence-corrected chi connectivity index (χ0v) is 9.27. The van der Waals surface area contributed by atoms with Crippen LogP contribution < -0.4 is 15.8 Å². The number of nitrogens with two attached hydrogens (primary N) is 1. The molecule has 0 fully saturated rings. The Morgan fingerprint density at radius 2 is 2.31 bits per heavy atom. The van der Waals surface area contributed by atoms with Crippen molar-refractivity contribution >= 4 is 11.4 Å². The molecular formula is C10H15N3O3. The van der Waals surface area contributed by atoms with Crippen molar-refractivity contribution in [2.45, 2.75) is 13.0 Å². The molecule has 6 nitrogen and oxygen atoms in total. The second-order valence-electron chi connectivity index (χ2n) is 3.50. The Morgan fingerprint density at radius 3 is 2.81 bits per heavy atom. The fourth-order valence-corrected chi connectivity index (χ4v) is 1.21. The number of methoxy groups -OCH3 is 1. The lowest BCUT2D eigenvalue weighted by Crippen LogP contribution is -2.25. The van der Waals surface area contributed by atoms with Crippen molar-refractivity contribution in [1.82, 2.24) is 0 Å². The molecule has 6 heteroatoms. The first kappa shape index (κ1) is 12.3. The van der Waals surface area contributed by atoms with Crippen LogP contribution in [0.5, 0.6) is 5.75 Å². The average molecular weight is 225 g/mol. The summed E-state index contributed by atoms with van der Waals surface area (Å²) in [6, 6.07) is 4.46. The van der Waals surface area contributed by atoms with Gasteiger partial charge in [-0.1, -0.05) is 0 Å². The van der Waals surface area contributed by atoms with E-state index >= 15 is 0 Å². The summed E-state index contributed by atoms with van der Waals surface area (Å²) in [5.74, 6) is 0.567. The van der Waals surface area contributed by atoms with Crippen molar-refractivity contribution in [2.24, 2.45) is 5.73 Å². The number of nitro benzene ring substituents is 1. The number of anilines is 1. The lowest BCUT2D eigenvalue weighted by molar-refractivity contribution is -0.384. The first-order valence-corrected chi connectivity index (χ1v) is 4.86. The van der Waals surface area contributed by atoms with Crippen molar-refractivity contribution < 1.29 is 9.66 Å². The summed E-state index contributed by atoms with van der Waals surface area (Å²) >= 11 is 0. The largest absolute Gasteiger partial charge is 0.497 e. The molecule has 3 N–H and O–H groups in total. The molecule has 16 heavy (non-hydrogen) atoms. The molecule has 0 radical (unpaired) electrons. The van der Waals surface area contributed by atoms with Crippen LogP contribution in [0.2, 0.25) is 0 Å². The molecule has 0 spiro atoms. The normalized spacial score (nSPS) is 11.9. The van der Waals surface area contributed by atoms with Crippen molar-refractivity contribution in [1.29, 1.82) is 0 Å². The lowest BCUT2D eigenvalue weighted by atomic mass is 10.2. The summed E-state index contributed by atoms with van der Waals surface area (Å²) in [5, 5.41) is 13.7. The van der Waals surface area contributed by atoms with Crippen LogP contribution in [0.1, 0.15) is 6.92 Å². The molecule has 0 bridgehead atoms. The molecule has 0 heterocycles. The number of hydrogen-bond donors (Lipinski definition) is 2. The maximum atomic E-state index is 10.8. The van der Waals surface area contributed by atoms with Crippen LogP contribution in [0.4, 0.5) is 11.4 Å². The molecule has 1 aromatic carbocycles. The Kier molecular flexibility index (Phi) is 4.07. The quantitative estimate of drug-likeness (QED) is 0.583. The maximum absolute atomic E-state index is 10.8. The second-order valence-corrected chi connectivity index (χ2v) is 3.50. The number of rotatable bonds is 5. The van der Waals surface area contributed by atoms with E-state index in [0.29, 0.717) is 18.0 Å². The van der Waals surface area contributed by atoms with Gasteiger partial charge in [-0.3, -0.25) is 10.1 Å². The molecule has 0 aliphatic carbocycles. The molecule has 0 saturated carbocycles. The standard InChI is InChI=1S/C10H15N3O3/c1-7(11)6-12-9-5-8(16-2)3-4-10(9)13(14)15/h3-5,7,12H,6,11H2,1-2H3. The molecule has 1 unspecified atom stereocenters. The molecule has 1 aromatic rings. The minimum atomic E-state index is -0.442. The number of benzene rings is 1. The molecule has 0 aliphatic heterocycles. The van der Waals surface area contributed by atoms with E-state index in [1.165, 1.54) is 13.2 Å². The third kappa shape index (κ3) is 3.09. The van der Waals surface area contributed by atoms with Crippen LogP contribution in [0.25, 0.3) is 0 Å². The van der Waals surface area contributed by atoms with Gasteiger partial charge in [0.05, 0.1) is 12.0 Å². The van der Waals surface area contributed by atoms with Gasteiger partial charge in [0.25, 0.3) is 5.69 Å². The Morgan fingerprint density at radius 1 is 1.62 bits per heavy atom. The van der Waals surface area contributed by atoms with Crippen LogP contribution >= 0.6 is 0 Å². The number of ether oxygens (including phenoxy) is 1. The van der Waals surface area contributed by atoms with E-state index < -0.39 is 4.92 Å². The van der Waals surface area contributed by atoms with E-state index in [9.17, 15) is 10.1 Å². The van der Waals surface area contributed by atoms with Gasteiger partial charge in [0.2, 0.25) is 0 Å². The van der Waals surface area contributed by atoms with Crippen LogP contribution in [0, 0.1) is 10.1 Å². The Hall–Kier alpha value is -1.82. The smallest absolute Gasteiger partial charge is 0.292 e. The SMILES string of the molecule is COc1ccc([N+](=O)[O-])c(NCC(C)N)c1. The van der Waals surface area contributed by atoms with Crippen LogP contribution in [-0.4, -0.2) is 24.6 Å². The summed E-state index contributed by atoms with van der Waals surface area (Å²) in [5.41, 5.74) is 6.01. The highest BCUT2D eigenvalue weighted by molar-refractivity contribution is 5.64. The highest BCUT2D eigenvalue weighted by atomic mass is 16.6. The van der Waals surface area contributed by atoms with E-state index in [0.717, 1.165) is 0 Å². The summed E-state index contributed by atoms with van der Waals surface area (Å²) in [7, 11) is 1.51. The predicted octanol–water partition coefficient (Wildman–Crippen LogP) is 1.36. The average Bonchev–Trinajstić information content (AvgIpc) is 2.25. The van der Waals surface area contributed by atoms with Crippen LogP contribution in [-0.2, 0) is 0 Å².